The number of nitrogens with zero attached hydrogens (tertiary/aromatic N) is 4. The topological polar surface area (TPSA) is 72.7 Å². The van der Waals surface area contributed by atoms with Crippen LogP contribution in [0.25, 0.3) is 11.4 Å². The highest BCUT2D eigenvalue weighted by atomic mass is 16.1. The van der Waals surface area contributed by atoms with E-state index in [1.54, 1.807) is 4.68 Å². The van der Waals surface area contributed by atoms with E-state index in [4.69, 9.17) is 0 Å². The highest BCUT2D eigenvalue weighted by Crippen LogP contribution is 2.20. The van der Waals surface area contributed by atoms with Crippen molar-refractivity contribution in [2.45, 2.75) is 58.0 Å². The Hall–Kier alpha value is -2.24. The highest BCUT2D eigenvalue weighted by Gasteiger charge is 2.17. The molecule has 0 saturated heterocycles. The first-order valence-electron chi connectivity index (χ1n) is 8.45. The van der Waals surface area contributed by atoms with Crippen LogP contribution in [-0.2, 0) is 6.54 Å². The van der Waals surface area contributed by atoms with Crippen molar-refractivity contribution < 1.29 is 4.79 Å². The van der Waals surface area contributed by atoms with Crippen LogP contribution < -0.4 is 5.32 Å². The summed E-state index contributed by atoms with van der Waals surface area (Å²) < 4.78 is 1.72. The van der Waals surface area contributed by atoms with E-state index in [1.165, 1.54) is 25.7 Å². The second-order valence-corrected chi connectivity index (χ2v) is 6.06. The molecule has 2 aromatic rings. The lowest BCUT2D eigenvalue weighted by atomic mass is 10.1. The zero-order valence-corrected chi connectivity index (χ0v) is 13.5. The molecule has 1 aliphatic rings. The summed E-state index contributed by atoms with van der Waals surface area (Å²) in [5.41, 5.74) is 1.53. The summed E-state index contributed by atoms with van der Waals surface area (Å²) in [6.07, 6.45) is 7.13. The minimum atomic E-state index is -0.00530. The number of hydrogen-bond donors (Lipinski definition) is 1. The van der Waals surface area contributed by atoms with Gasteiger partial charge in [0.1, 0.15) is 0 Å². The molecule has 0 spiro atoms. The summed E-state index contributed by atoms with van der Waals surface area (Å²) in [6, 6.07) is 7.82. The molecule has 1 saturated carbocycles. The van der Waals surface area contributed by atoms with Gasteiger partial charge in [0.05, 0.1) is 0 Å². The number of aromatic nitrogens is 4. The number of aryl methyl sites for hydroxylation is 1. The van der Waals surface area contributed by atoms with Crippen molar-refractivity contribution in [3.8, 4) is 11.4 Å². The molecule has 1 fully saturated rings. The van der Waals surface area contributed by atoms with E-state index in [9.17, 15) is 4.79 Å². The number of nitrogens with one attached hydrogen (secondary N) is 1. The van der Waals surface area contributed by atoms with Crippen LogP contribution in [0.4, 0.5) is 0 Å². The maximum absolute atomic E-state index is 12.5. The molecular weight excluding hydrogens is 290 g/mol. The van der Waals surface area contributed by atoms with E-state index in [2.05, 4.69) is 20.8 Å². The molecule has 6 nitrogen and oxygen atoms in total. The summed E-state index contributed by atoms with van der Waals surface area (Å²) in [5, 5.41) is 14.9. The fourth-order valence-electron chi connectivity index (χ4n) is 3.12. The predicted molar refractivity (Wildman–Crippen MR) is 87.9 cm³/mol. The monoisotopic (exact) mass is 313 g/mol. The van der Waals surface area contributed by atoms with Crippen LogP contribution in [0, 0.1) is 0 Å². The number of carbonyl (C=O) groups excluding carboxylic acids is 1. The largest absolute Gasteiger partial charge is 0.349 e. The Morgan fingerprint density at radius 1 is 1.26 bits per heavy atom. The van der Waals surface area contributed by atoms with E-state index in [0.29, 0.717) is 24.0 Å². The quantitative estimate of drug-likeness (QED) is 0.881. The molecule has 1 N–H and O–H groups in total. The van der Waals surface area contributed by atoms with Crippen LogP contribution in [0.15, 0.2) is 24.3 Å². The van der Waals surface area contributed by atoms with Gasteiger partial charge in [0, 0.05) is 23.7 Å². The lowest BCUT2D eigenvalue weighted by Gasteiger charge is -2.16. The molecule has 1 aliphatic carbocycles. The van der Waals surface area contributed by atoms with Gasteiger partial charge in [0.15, 0.2) is 5.82 Å². The van der Waals surface area contributed by atoms with Crippen molar-refractivity contribution in [2.24, 2.45) is 0 Å². The Morgan fingerprint density at radius 3 is 2.78 bits per heavy atom. The predicted octanol–water partition coefficient (Wildman–Crippen LogP) is 2.81. The van der Waals surface area contributed by atoms with Gasteiger partial charge in [-0.1, -0.05) is 37.8 Å². The molecule has 122 valence electrons. The van der Waals surface area contributed by atoms with Crippen molar-refractivity contribution in [1.82, 2.24) is 25.5 Å². The van der Waals surface area contributed by atoms with Gasteiger partial charge in [-0.05, 0) is 42.3 Å². The molecule has 1 aromatic heterocycles. The van der Waals surface area contributed by atoms with E-state index in [1.807, 2.05) is 31.2 Å². The molecule has 0 bridgehead atoms. The van der Waals surface area contributed by atoms with Crippen LogP contribution in [-0.4, -0.2) is 32.2 Å². The Kier molecular flexibility index (Phi) is 5.00. The first-order valence-corrected chi connectivity index (χ1v) is 8.45. The van der Waals surface area contributed by atoms with Crippen LogP contribution >= 0.6 is 0 Å². The summed E-state index contributed by atoms with van der Waals surface area (Å²) in [7, 11) is 0. The molecular formula is C17H23N5O. The minimum absolute atomic E-state index is 0.00530. The van der Waals surface area contributed by atoms with Crippen molar-refractivity contribution in [2.75, 3.05) is 0 Å². The van der Waals surface area contributed by atoms with Crippen molar-refractivity contribution in [3.63, 3.8) is 0 Å². The highest BCUT2D eigenvalue weighted by molar-refractivity contribution is 5.95. The molecule has 23 heavy (non-hydrogen) atoms. The summed E-state index contributed by atoms with van der Waals surface area (Å²) in [5.74, 6) is 0.686. The fourth-order valence-corrected chi connectivity index (χ4v) is 3.12. The van der Waals surface area contributed by atoms with Crippen molar-refractivity contribution >= 4 is 5.91 Å². The summed E-state index contributed by atoms with van der Waals surface area (Å²) >= 11 is 0. The molecule has 0 radical (unpaired) electrons. The maximum Gasteiger partial charge on any atom is 0.251 e. The fraction of sp³-hybridized carbons (Fsp3) is 0.529. The smallest absolute Gasteiger partial charge is 0.251 e. The van der Waals surface area contributed by atoms with E-state index < -0.39 is 0 Å². The third-order valence-electron chi connectivity index (χ3n) is 4.40. The third-order valence-corrected chi connectivity index (χ3v) is 4.40. The summed E-state index contributed by atoms with van der Waals surface area (Å²) in [6.45, 7) is 2.68. The molecule has 0 unspecified atom stereocenters. The Morgan fingerprint density at radius 2 is 2.04 bits per heavy atom. The average Bonchev–Trinajstić information content (AvgIpc) is 2.92. The van der Waals surface area contributed by atoms with Gasteiger partial charge >= 0.3 is 0 Å². The number of hydrogen-bond acceptors (Lipinski definition) is 4. The number of carbonyl (C=O) groups is 1. The van der Waals surface area contributed by atoms with E-state index >= 15 is 0 Å². The lowest BCUT2D eigenvalue weighted by molar-refractivity contribution is 0.0933. The first kappa shape index (κ1) is 15.6. The second-order valence-electron chi connectivity index (χ2n) is 6.06. The van der Waals surface area contributed by atoms with Crippen LogP contribution in [0.1, 0.15) is 55.8 Å². The molecule has 1 heterocycles. The number of rotatable bonds is 4. The van der Waals surface area contributed by atoms with E-state index in [-0.39, 0.29) is 5.91 Å². The molecule has 0 aliphatic heterocycles. The standard InChI is InChI=1S/C17H23N5O/c1-2-22-16(19-20-21-22)13-8-7-9-14(12-13)17(23)18-15-10-5-3-4-6-11-15/h7-9,12,15H,2-6,10-11H2,1H3,(H,18,23). The van der Waals surface area contributed by atoms with Gasteiger partial charge in [0.25, 0.3) is 5.91 Å². The zero-order valence-electron chi connectivity index (χ0n) is 13.5. The first-order chi connectivity index (χ1) is 11.3. The van der Waals surface area contributed by atoms with Gasteiger partial charge in [-0.15, -0.1) is 5.10 Å². The maximum atomic E-state index is 12.5. The number of tetrazole rings is 1. The van der Waals surface area contributed by atoms with Crippen molar-refractivity contribution in [1.29, 1.82) is 0 Å². The van der Waals surface area contributed by atoms with Gasteiger partial charge in [-0.2, -0.15) is 0 Å². The minimum Gasteiger partial charge on any atom is -0.349 e. The molecule has 1 aromatic carbocycles. The van der Waals surface area contributed by atoms with Gasteiger partial charge in [0.2, 0.25) is 0 Å². The van der Waals surface area contributed by atoms with Crippen LogP contribution in [0.2, 0.25) is 0 Å². The summed E-state index contributed by atoms with van der Waals surface area (Å²) in [4.78, 5) is 12.5. The molecule has 1 amide bonds. The van der Waals surface area contributed by atoms with Gasteiger partial charge in [-0.25, -0.2) is 4.68 Å². The van der Waals surface area contributed by atoms with Gasteiger partial charge < -0.3 is 5.32 Å². The number of benzene rings is 1. The molecule has 3 rings (SSSR count). The lowest BCUT2D eigenvalue weighted by Crippen LogP contribution is -2.34. The Bertz CT molecular complexity index is 659. The normalized spacial score (nSPS) is 16.0. The van der Waals surface area contributed by atoms with Gasteiger partial charge in [-0.3, -0.25) is 4.79 Å². The van der Waals surface area contributed by atoms with Crippen LogP contribution in [0.5, 0.6) is 0 Å². The molecule has 6 heteroatoms. The molecule has 0 atom stereocenters. The Balaban J connectivity index is 1.75. The van der Waals surface area contributed by atoms with E-state index in [0.717, 1.165) is 18.4 Å². The van der Waals surface area contributed by atoms with Crippen molar-refractivity contribution in [3.05, 3.63) is 29.8 Å². The third kappa shape index (κ3) is 3.75. The Labute approximate surface area is 136 Å². The number of amides is 1. The zero-order chi connectivity index (χ0) is 16.1. The van der Waals surface area contributed by atoms with Crippen LogP contribution in [0.3, 0.4) is 0 Å². The second kappa shape index (κ2) is 7.35. The average molecular weight is 313 g/mol. The SMILES string of the molecule is CCn1nnnc1-c1cccc(C(=O)NC2CCCCCC2)c1.